The van der Waals surface area contributed by atoms with Crippen molar-refractivity contribution in [2.75, 3.05) is 24.9 Å². The van der Waals surface area contributed by atoms with Gasteiger partial charge in [0.25, 0.3) is 0 Å². The number of anilines is 1. The smallest absolute Gasteiger partial charge is 0.302 e. The molecule has 1 aliphatic heterocycles. The van der Waals surface area contributed by atoms with E-state index in [2.05, 4.69) is 15.1 Å². The second-order valence-electron chi connectivity index (χ2n) is 5.23. The fraction of sp³-hybridized carbons (Fsp3) is 0.750. The van der Waals surface area contributed by atoms with Gasteiger partial charge < -0.3 is 5.32 Å². The molecule has 0 saturated carbocycles. The molecule has 2 N–H and O–H groups in total. The minimum atomic E-state index is -3.53. The molecule has 0 spiro atoms. The molecule has 0 aromatic carbocycles. The summed E-state index contributed by atoms with van der Waals surface area (Å²) in [6, 6.07) is 0.0169. The van der Waals surface area contributed by atoms with Gasteiger partial charge in [0, 0.05) is 32.4 Å². The van der Waals surface area contributed by atoms with Crippen LogP contribution in [0.2, 0.25) is 0 Å². The Bertz CT molecular complexity index is 552. The quantitative estimate of drug-likeness (QED) is 0.828. The van der Waals surface area contributed by atoms with Crippen molar-refractivity contribution in [3.8, 4) is 0 Å². The average molecular weight is 301 g/mol. The van der Waals surface area contributed by atoms with Gasteiger partial charge in [-0.15, -0.1) is 0 Å². The van der Waals surface area contributed by atoms with Crippen LogP contribution in [0.4, 0.5) is 5.69 Å². The predicted molar refractivity (Wildman–Crippen MR) is 78.8 cm³/mol. The fourth-order valence-corrected chi connectivity index (χ4v) is 4.16. The van der Waals surface area contributed by atoms with Gasteiger partial charge in [-0.05, 0) is 26.8 Å². The molecule has 0 aliphatic carbocycles. The van der Waals surface area contributed by atoms with Crippen LogP contribution in [0.5, 0.6) is 0 Å². The Labute approximate surface area is 120 Å². The molecule has 1 unspecified atom stereocenters. The average Bonchev–Trinajstić information content (AvgIpc) is 2.68. The zero-order valence-corrected chi connectivity index (χ0v) is 13.1. The first-order chi connectivity index (χ1) is 9.44. The van der Waals surface area contributed by atoms with Crippen LogP contribution in [-0.4, -0.2) is 48.7 Å². The zero-order valence-electron chi connectivity index (χ0n) is 12.3. The predicted octanol–water partition coefficient (Wildman–Crippen LogP) is 0.459. The Morgan fingerprint density at radius 3 is 2.80 bits per heavy atom. The third kappa shape index (κ3) is 3.31. The van der Waals surface area contributed by atoms with Crippen molar-refractivity contribution in [2.45, 2.75) is 32.2 Å². The molecule has 114 valence electrons. The normalized spacial score (nSPS) is 21.1. The Kier molecular flexibility index (Phi) is 4.66. The summed E-state index contributed by atoms with van der Waals surface area (Å²) < 4.78 is 30.9. The highest BCUT2D eigenvalue weighted by Crippen LogP contribution is 2.22. The summed E-state index contributed by atoms with van der Waals surface area (Å²) >= 11 is 0. The molecule has 2 rings (SSSR count). The molecule has 1 atom stereocenters. The van der Waals surface area contributed by atoms with Gasteiger partial charge in [0.1, 0.15) is 0 Å². The number of nitrogens with zero attached hydrogens (tertiary/aromatic N) is 3. The molecule has 0 bridgehead atoms. The van der Waals surface area contributed by atoms with Crippen molar-refractivity contribution in [3.05, 3.63) is 11.9 Å². The highest BCUT2D eigenvalue weighted by atomic mass is 32.2. The maximum Gasteiger partial charge on any atom is 0.302 e. The number of hydrogen-bond acceptors (Lipinski definition) is 4. The van der Waals surface area contributed by atoms with E-state index in [1.807, 2.05) is 7.05 Å². The van der Waals surface area contributed by atoms with Crippen LogP contribution < -0.4 is 10.0 Å². The van der Waals surface area contributed by atoms with Gasteiger partial charge in [-0.2, -0.15) is 17.8 Å². The number of hydrogen-bond donors (Lipinski definition) is 2. The van der Waals surface area contributed by atoms with E-state index in [1.165, 1.54) is 0 Å². The van der Waals surface area contributed by atoms with Crippen LogP contribution in [0.1, 0.15) is 25.0 Å². The lowest BCUT2D eigenvalue weighted by atomic mass is 10.1. The van der Waals surface area contributed by atoms with E-state index in [1.54, 1.807) is 29.2 Å². The first kappa shape index (κ1) is 15.3. The first-order valence-electron chi connectivity index (χ1n) is 6.88. The number of rotatable bonds is 5. The molecular formula is C12H23N5O2S. The Morgan fingerprint density at radius 1 is 1.45 bits per heavy atom. The summed E-state index contributed by atoms with van der Waals surface area (Å²) in [5.41, 5.74) is 1.22. The van der Waals surface area contributed by atoms with Gasteiger partial charge in [0.15, 0.2) is 0 Å². The number of aromatic nitrogens is 2. The van der Waals surface area contributed by atoms with Gasteiger partial charge in [-0.25, -0.2) is 0 Å². The Morgan fingerprint density at radius 2 is 2.20 bits per heavy atom. The molecule has 1 saturated heterocycles. The number of nitrogens with one attached hydrogen (secondary N) is 2. The maximum atomic E-state index is 12.6. The standard InChI is InChI=1S/C12H23N5O2S/c1-10-12(9-16(3)14-10)15-20(18,19)17-7-5-4-6-11(17)8-13-2/h9,11,13,15H,4-8H2,1-3H3. The van der Waals surface area contributed by atoms with Gasteiger partial charge >= 0.3 is 10.2 Å². The molecular weight excluding hydrogens is 278 g/mol. The van der Waals surface area contributed by atoms with Gasteiger partial charge in [0.05, 0.1) is 11.4 Å². The molecule has 1 aliphatic rings. The van der Waals surface area contributed by atoms with Gasteiger partial charge in [-0.3, -0.25) is 9.40 Å². The molecule has 20 heavy (non-hydrogen) atoms. The Balaban J connectivity index is 2.17. The van der Waals surface area contributed by atoms with Crippen LogP contribution in [0.15, 0.2) is 6.20 Å². The van der Waals surface area contributed by atoms with Crippen molar-refractivity contribution in [1.82, 2.24) is 19.4 Å². The second-order valence-corrected chi connectivity index (χ2v) is 6.85. The maximum absolute atomic E-state index is 12.6. The summed E-state index contributed by atoms with van der Waals surface area (Å²) in [5, 5.41) is 7.22. The minimum absolute atomic E-state index is 0.0169. The summed E-state index contributed by atoms with van der Waals surface area (Å²) in [6.45, 7) is 3.03. The third-order valence-electron chi connectivity index (χ3n) is 3.57. The first-order valence-corrected chi connectivity index (χ1v) is 8.32. The van der Waals surface area contributed by atoms with Gasteiger partial charge in [-0.1, -0.05) is 6.42 Å². The van der Waals surface area contributed by atoms with Crippen molar-refractivity contribution in [3.63, 3.8) is 0 Å². The molecule has 7 nitrogen and oxygen atoms in total. The monoisotopic (exact) mass is 301 g/mol. The number of piperidine rings is 1. The largest absolute Gasteiger partial charge is 0.318 e. The minimum Gasteiger partial charge on any atom is -0.318 e. The van der Waals surface area contributed by atoms with E-state index in [4.69, 9.17) is 0 Å². The number of likely N-dealkylation sites (N-methyl/N-ethyl adjacent to an activating group) is 1. The van der Waals surface area contributed by atoms with Crippen molar-refractivity contribution in [2.24, 2.45) is 7.05 Å². The fourth-order valence-electron chi connectivity index (χ4n) is 2.63. The van der Waals surface area contributed by atoms with Crippen LogP contribution in [0.25, 0.3) is 0 Å². The van der Waals surface area contributed by atoms with Gasteiger partial charge in [0.2, 0.25) is 0 Å². The Hall–Kier alpha value is -1.12. The molecule has 0 radical (unpaired) electrons. The SMILES string of the molecule is CNCC1CCCCN1S(=O)(=O)Nc1cn(C)nc1C. The summed E-state index contributed by atoms with van der Waals surface area (Å²) in [6.07, 6.45) is 4.56. The number of aryl methyl sites for hydroxylation is 2. The van der Waals surface area contributed by atoms with Crippen molar-refractivity contribution < 1.29 is 8.42 Å². The van der Waals surface area contributed by atoms with Crippen LogP contribution >= 0.6 is 0 Å². The van der Waals surface area contributed by atoms with E-state index < -0.39 is 10.2 Å². The molecule has 1 fully saturated rings. The van der Waals surface area contributed by atoms with E-state index in [9.17, 15) is 8.42 Å². The van der Waals surface area contributed by atoms with Crippen LogP contribution in [0.3, 0.4) is 0 Å². The van der Waals surface area contributed by atoms with E-state index >= 15 is 0 Å². The third-order valence-corrected chi connectivity index (χ3v) is 5.15. The van der Waals surface area contributed by atoms with E-state index in [-0.39, 0.29) is 6.04 Å². The lowest BCUT2D eigenvalue weighted by molar-refractivity contribution is 0.250. The highest BCUT2D eigenvalue weighted by molar-refractivity contribution is 7.90. The lowest BCUT2D eigenvalue weighted by Gasteiger charge is -2.34. The van der Waals surface area contributed by atoms with E-state index in [0.717, 1.165) is 19.3 Å². The summed E-state index contributed by atoms with van der Waals surface area (Å²) in [4.78, 5) is 0. The summed E-state index contributed by atoms with van der Waals surface area (Å²) in [7, 11) is 0.0917. The molecule has 0 amide bonds. The molecule has 1 aromatic rings. The van der Waals surface area contributed by atoms with Crippen molar-refractivity contribution >= 4 is 15.9 Å². The molecule has 1 aromatic heterocycles. The van der Waals surface area contributed by atoms with E-state index in [0.29, 0.717) is 24.5 Å². The van der Waals surface area contributed by atoms with Crippen molar-refractivity contribution in [1.29, 1.82) is 0 Å². The lowest BCUT2D eigenvalue weighted by Crippen LogP contribution is -2.49. The van der Waals surface area contributed by atoms with Crippen LogP contribution in [0, 0.1) is 6.92 Å². The molecule has 2 heterocycles. The van der Waals surface area contributed by atoms with Crippen LogP contribution in [-0.2, 0) is 17.3 Å². The topological polar surface area (TPSA) is 79.3 Å². The summed E-state index contributed by atoms with van der Waals surface area (Å²) in [5.74, 6) is 0. The highest BCUT2D eigenvalue weighted by Gasteiger charge is 2.32. The second kappa shape index (κ2) is 6.11. The molecule has 8 heteroatoms. The zero-order chi connectivity index (χ0) is 14.8.